The number of anilines is 1. The first-order valence-corrected chi connectivity index (χ1v) is 11.8. The molecule has 2 saturated heterocycles. The smallest absolute Gasteiger partial charge is 0.322 e. The number of furan rings is 1. The zero-order valence-corrected chi connectivity index (χ0v) is 19.8. The van der Waals surface area contributed by atoms with Crippen molar-refractivity contribution in [1.82, 2.24) is 20.5 Å². The van der Waals surface area contributed by atoms with E-state index in [4.69, 9.17) is 9.15 Å². The molecule has 0 saturated carbocycles. The second-order valence-electron chi connectivity index (χ2n) is 9.30. The normalized spacial score (nSPS) is 23.1. The van der Waals surface area contributed by atoms with Gasteiger partial charge in [0, 0.05) is 24.6 Å². The second-order valence-corrected chi connectivity index (χ2v) is 9.30. The van der Waals surface area contributed by atoms with Gasteiger partial charge in [0.1, 0.15) is 22.8 Å². The van der Waals surface area contributed by atoms with Gasteiger partial charge in [-0.3, -0.25) is 24.6 Å². The topological polar surface area (TPSA) is 154 Å². The van der Waals surface area contributed by atoms with E-state index in [1.807, 2.05) is 0 Å². The van der Waals surface area contributed by atoms with Gasteiger partial charge in [0.05, 0.1) is 26.3 Å². The molecule has 0 radical (unpaired) electrons. The van der Waals surface area contributed by atoms with Crippen molar-refractivity contribution in [1.29, 1.82) is 0 Å². The Morgan fingerprint density at radius 2 is 2.03 bits per heavy atom. The Morgan fingerprint density at radius 3 is 2.76 bits per heavy atom. The average Bonchev–Trinajstić information content (AvgIpc) is 3.63. The number of aromatic nitrogens is 1. The predicted octanol–water partition coefficient (Wildman–Crippen LogP) is 1.01. The van der Waals surface area contributed by atoms with Crippen LogP contribution in [0.5, 0.6) is 5.75 Å². The van der Waals surface area contributed by atoms with Gasteiger partial charge in [-0.15, -0.1) is 0 Å². The van der Waals surface area contributed by atoms with E-state index in [1.165, 1.54) is 23.0 Å². The number of ether oxygens (including phenoxy) is 1. The lowest BCUT2D eigenvalue weighted by Gasteiger charge is -2.28. The maximum absolute atomic E-state index is 13.2. The van der Waals surface area contributed by atoms with Crippen molar-refractivity contribution < 1.29 is 33.4 Å². The molecule has 2 fully saturated rings. The van der Waals surface area contributed by atoms with Gasteiger partial charge in [-0.1, -0.05) is 6.07 Å². The molecule has 190 valence electrons. The number of methoxy groups -OCH3 is 1. The first-order valence-electron chi connectivity index (χ1n) is 11.8. The third-order valence-electron chi connectivity index (χ3n) is 7.13. The quantitative estimate of drug-likeness (QED) is 0.420. The van der Waals surface area contributed by atoms with E-state index >= 15 is 0 Å². The molecular weight excluding hydrogens is 482 g/mol. The molecular formula is C25H23N5O7. The highest BCUT2D eigenvalue weighted by Gasteiger charge is 2.53. The van der Waals surface area contributed by atoms with Crippen LogP contribution in [0.25, 0.3) is 11.1 Å². The predicted molar refractivity (Wildman–Crippen MR) is 128 cm³/mol. The van der Waals surface area contributed by atoms with Crippen molar-refractivity contribution in [2.45, 2.75) is 31.0 Å². The van der Waals surface area contributed by atoms with Crippen LogP contribution in [0.15, 0.2) is 40.8 Å². The molecule has 0 bridgehead atoms. The zero-order chi connectivity index (χ0) is 25.9. The molecule has 3 aromatic rings. The number of nitrogens with zero attached hydrogens (tertiary/aromatic N) is 3. The average molecular weight is 505 g/mol. The monoisotopic (exact) mass is 505 g/mol. The van der Waals surface area contributed by atoms with Gasteiger partial charge in [0.25, 0.3) is 11.8 Å². The van der Waals surface area contributed by atoms with Crippen molar-refractivity contribution in [3.8, 4) is 5.75 Å². The minimum absolute atomic E-state index is 0.100. The maximum Gasteiger partial charge on any atom is 0.322 e. The van der Waals surface area contributed by atoms with Gasteiger partial charge in [-0.25, -0.2) is 9.78 Å². The highest BCUT2D eigenvalue weighted by Crippen LogP contribution is 2.35. The Morgan fingerprint density at radius 1 is 1.19 bits per heavy atom. The summed E-state index contributed by atoms with van der Waals surface area (Å²) < 4.78 is 11.2. The Balaban J connectivity index is 1.36. The van der Waals surface area contributed by atoms with E-state index < -0.39 is 17.5 Å². The number of amides is 5. The molecule has 37 heavy (non-hydrogen) atoms. The highest BCUT2D eigenvalue weighted by atomic mass is 16.5. The van der Waals surface area contributed by atoms with E-state index in [2.05, 4.69) is 15.6 Å². The van der Waals surface area contributed by atoms with Crippen molar-refractivity contribution in [3.05, 3.63) is 53.3 Å². The summed E-state index contributed by atoms with van der Waals surface area (Å²) >= 11 is 0. The summed E-state index contributed by atoms with van der Waals surface area (Å²) in [5.74, 6) is -0.112. The number of imide groups is 1. The van der Waals surface area contributed by atoms with Gasteiger partial charge in [-0.05, 0) is 36.2 Å². The van der Waals surface area contributed by atoms with Crippen LogP contribution in [0.4, 0.5) is 10.6 Å². The van der Waals surface area contributed by atoms with Crippen LogP contribution in [0.2, 0.25) is 0 Å². The second kappa shape index (κ2) is 8.30. The lowest BCUT2D eigenvalue weighted by Crippen LogP contribution is -2.52. The molecule has 1 aromatic carbocycles. The summed E-state index contributed by atoms with van der Waals surface area (Å²) in [6.45, 7) is -0.120. The number of hydrogen-bond acceptors (Lipinski definition) is 8. The van der Waals surface area contributed by atoms with Crippen LogP contribution in [0.3, 0.4) is 0 Å². The number of carbonyl (C=O) groups excluding carboxylic acids is 4. The lowest BCUT2D eigenvalue weighted by atomic mass is 9.95. The summed E-state index contributed by atoms with van der Waals surface area (Å²) in [5, 5.41) is 14.5. The number of pyridine rings is 1. The zero-order valence-electron chi connectivity index (χ0n) is 19.8. The lowest BCUT2D eigenvalue weighted by molar-refractivity contribution is -0.125. The summed E-state index contributed by atoms with van der Waals surface area (Å²) in [7, 11) is 1.51. The Labute approximate surface area is 210 Å². The maximum atomic E-state index is 13.2. The van der Waals surface area contributed by atoms with Gasteiger partial charge >= 0.3 is 6.03 Å². The van der Waals surface area contributed by atoms with Crippen molar-refractivity contribution in [3.63, 3.8) is 0 Å². The largest absolute Gasteiger partial charge is 0.497 e. The van der Waals surface area contributed by atoms with Crippen molar-refractivity contribution >= 4 is 40.7 Å². The number of fused-ring (bicyclic) bond motifs is 2. The molecule has 0 aliphatic carbocycles. The summed E-state index contributed by atoms with van der Waals surface area (Å²) in [5.41, 5.74) is 0.244. The SMILES string of the molecule is COc1ccc2c(c1)C(=O)N(C[C@@]1(c3cc4nc(N5C(=O)CC[C@@H]5CO)ccc4o3)NC(=O)NC1=O)C2. The first-order chi connectivity index (χ1) is 17.8. The fourth-order valence-electron chi connectivity index (χ4n) is 5.22. The van der Waals surface area contributed by atoms with Crippen LogP contribution in [0, 0.1) is 0 Å². The third kappa shape index (κ3) is 3.51. The van der Waals surface area contributed by atoms with E-state index in [1.54, 1.807) is 30.3 Å². The molecule has 2 aromatic heterocycles. The molecule has 0 unspecified atom stereocenters. The van der Waals surface area contributed by atoms with E-state index in [0.29, 0.717) is 41.1 Å². The van der Waals surface area contributed by atoms with Gasteiger partial charge in [0.2, 0.25) is 5.91 Å². The van der Waals surface area contributed by atoms with Crippen LogP contribution < -0.4 is 20.3 Å². The number of aliphatic hydroxyl groups is 1. The van der Waals surface area contributed by atoms with Gasteiger partial charge in [-0.2, -0.15) is 0 Å². The number of benzene rings is 1. The number of nitrogens with one attached hydrogen (secondary N) is 2. The van der Waals surface area contributed by atoms with E-state index in [0.717, 1.165) is 5.56 Å². The minimum Gasteiger partial charge on any atom is -0.497 e. The number of carbonyl (C=O) groups is 4. The van der Waals surface area contributed by atoms with E-state index in [-0.39, 0.29) is 43.3 Å². The third-order valence-corrected chi connectivity index (χ3v) is 7.13. The fraction of sp³-hybridized carbons (Fsp3) is 0.320. The van der Waals surface area contributed by atoms with Crippen molar-refractivity contribution in [2.24, 2.45) is 0 Å². The molecule has 5 amide bonds. The molecule has 3 aliphatic heterocycles. The molecule has 5 heterocycles. The summed E-state index contributed by atoms with van der Waals surface area (Å²) in [6.07, 6.45) is 0.841. The molecule has 3 N–H and O–H groups in total. The van der Waals surface area contributed by atoms with Gasteiger partial charge in [0.15, 0.2) is 11.1 Å². The summed E-state index contributed by atoms with van der Waals surface area (Å²) in [4.78, 5) is 58.4. The first kappa shape index (κ1) is 23.0. The Bertz CT molecular complexity index is 1480. The van der Waals surface area contributed by atoms with Crippen LogP contribution in [-0.4, -0.2) is 65.0 Å². The Kier molecular flexibility index (Phi) is 5.16. The Hall–Kier alpha value is -4.45. The number of aliphatic hydroxyl groups excluding tert-OH is 1. The number of hydrogen-bond donors (Lipinski definition) is 3. The fourth-order valence-corrected chi connectivity index (χ4v) is 5.22. The minimum atomic E-state index is -1.68. The van der Waals surface area contributed by atoms with E-state index in [9.17, 15) is 24.3 Å². The molecule has 6 rings (SSSR count). The van der Waals surface area contributed by atoms with Gasteiger partial charge < -0.3 is 24.5 Å². The highest BCUT2D eigenvalue weighted by molar-refractivity contribution is 6.08. The van der Waals surface area contributed by atoms with Crippen molar-refractivity contribution in [2.75, 3.05) is 25.2 Å². The van der Waals surface area contributed by atoms with Crippen LogP contribution in [-0.2, 0) is 21.7 Å². The molecule has 12 heteroatoms. The molecule has 0 spiro atoms. The molecule has 2 atom stereocenters. The summed E-state index contributed by atoms with van der Waals surface area (Å²) in [6, 6.07) is 8.86. The number of urea groups is 1. The van der Waals surface area contributed by atoms with Crippen LogP contribution >= 0.6 is 0 Å². The standard InChI is InChI=1S/C25H23N5O7/c1-36-15-4-2-13-10-29(22(33)16(13)8-15)12-25(23(34)27-24(35)28-25)19-9-17-18(37-19)5-6-20(26-17)30-14(11-31)3-7-21(30)32/h2,4-6,8-9,14,31H,3,7,10-12H2,1H3,(H2,27,28,34,35)/t14-,25+/m1/s1. The number of rotatable bonds is 6. The molecule has 3 aliphatic rings. The van der Waals surface area contributed by atoms with Crippen LogP contribution in [0.1, 0.15) is 34.5 Å². The molecule has 12 nitrogen and oxygen atoms in total.